The van der Waals surface area contributed by atoms with Gasteiger partial charge in [-0.15, -0.1) is 0 Å². The van der Waals surface area contributed by atoms with E-state index in [1.54, 1.807) is 10.7 Å². The molecule has 2 aromatic rings. The normalized spacial score (nSPS) is 10.7. The van der Waals surface area contributed by atoms with Crippen LogP contribution >= 0.6 is 0 Å². The van der Waals surface area contributed by atoms with E-state index in [4.69, 9.17) is 5.73 Å². The summed E-state index contributed by atoms with van der Waals surface area (Å²) in [5, 5.41) is 4.21. The van der Waals surface area contributed by atoms with E-state index >= 15 is 0 Å². The maximum atomic E-state index is 13.0. The predicted octanol–water partition coefficient (Wildman–Crippen LogP) is 2.46. The lowest BCUT2D eigenvalue weighted by molar-refractivity contribution is 0.625. The lowest BCUT2D eigenvalue weighted by atomic mass is 10.2. The van der Waals surface area contributed by atoms with Gasteiger partial charge in [0.2, 0.25) is 0 Å². The predicted molar refractivity (Wildman–Crippen MR) is 62.0 cm³/mol. The highest BCUT2D eigenvalue weighted by molar-refractivity contribution is 5.44. The zero-order valence-electron chi connectivity index (χ0n) is 9.37. The smallest absolute Gasteiger partial charge is 0.146 e. The van der Waals surface area contributed by atoms with Crippen LogP contribution < -0.4 is 5.73 Å². The zero-order valence-corrected chi connectivity index (χ0v) is 9.37. The number of benzene rings is 1. The van der Waals surface area contributed by atoms with Crippen LogP contribution in [0.15, 0.2) is 24.3 Å². The number of nitrogens with zero attached hydrogens (tertiary/aromatic N) is 2. The number of aromatic nitrogens is 2. The number of rotatable bonds is 2. The summed E-state index contributed by atoms with van der Waals surface area (Å²) in [5.74, 6) is 0.250. The molecule has 0 atom stereocenters. The van der Waals surface area contributed by atoms with Crippen LogP contribution in [-0.2, 0) is 6.42 Å². The first-order valence-corrected chi connectivity index (χ1v) is 5.22. The lowest BCUT2D eigenvalue weighted by Gasteiger charge is -2.08. The fraction of sp³-hybridized carbons (Fsp3) is 0.250. The first kappa shape index (κ1) is 10.7. The van der Waals surface area contributed by atoms with Crippen molar-refractivity contribution in [3.8, 4) is 5.69 Å². The highest BCUT2D eigenvalue weighted by Gasteiger charge is 2.09. The second-order valence-corrected chi connectivity index (χ2v) is 3.76. The van der Waals surface area contributed by atoms with Crippen molar-refractivity contribution in [2.24, 2.45) is 0 Å². The van der Waals surface area contributed by atoms with Crippen LogP contribution in [0.1, 0.15) is 18.2 Å². The topological polar surface area (TPSA) is 43.8 Å². The lowest BCUT2D eigenvalue weighted by Crippen LogP contribution is -2.04. The largest absolute Gasteiger partial charge is 0.382 e. The molecule has 0 radical (unpaired) electrons. The van der Waals surface area contributed by atoms with Crippen molar-refractivity contribution in [2.75, 3.05) is 5.73 Å². The van der Waals surface area contributed by atoms with Crippen LogP contribution in [-0.4, -0.2) is 9.78 Å². The molecule has 0 amide bonds. The molecule has 0 saturated heterocycles. The zero-order chi connectivity index (χ0) is 11.7. The average molecular weight is 219 g/mol. The molecular weight excluding hydrogens is 205 g/mol. The van der Waals surface area contributed by atoms with Gasteiger partial charge in [0.25, 0.3) is 0 Å². The number of hydrogen-bond donors (Lipinski definition) is 1. The minimum atomic E-state index is -0.237. The molecule has 1 aromatic heterocycles. The number of aryl methyl sites for hydroxylation is 2. The summed E-state index contributed by atoms with van der Waals surface area (Å²) in [6.45, 7) is 3.89. The Morgan fingerprint density at radius 1 is 1.38 bits per heavy atom. The van der Waals surface area contributed by atoms with Gasteiger partial charge in [0, 0.05) is 11.8 Å². The molecule has 1 aromatic carbocycles. The van der Waals surface area contributed by atoms with Gasteiger partial charge in [-0.25, -0.2) is 9.07 Å². The molecule has 3 nitrogen and oxygen atoms in total. The molecule has 0 aliphatic rings. The summed E-state index contributed by atoms with van der Waals surface area (Å²) in [6, 6.07) is 6.48. The van der Waals surface area contributed by atoms with Crippen molar-refractivity contribution in [3.05, 3.63) is 41.3 Å². The fourth-order valence-corrected chi connectivity index (χ4v) is 1.76. The summed E-state index contributed by atoms with van der Waals surface area (Å²) in [5.41, 5.74) is 8.40. The Kier molecular flexibility index (Phi) is 2.64. The van der Waals surface area contributed by atoms with Gasteiger partial charge in [0.1, 0.15) is 11.6 Å². The van der Waals surface area contributed by atoms with E-state index < -0.39 is 0 Å². The third-order valence-corrected chi connectivity index (χ3v) is 2.55. The first-order chi connectivity index (χ1) is 7.61. The van der Waals surface area contributed by atoms with Crippen LogP contribution in [0.3, 0.4) is 0 Å². The van der Waals surface area contributed by atoms with Crippen molar-refractivity contribution >= 4 is 5.82 Å². The van der Waals surface area contributed by atoms with E-state index in [1.165, 1.54) is 12.1 Å². The standard InChI is InChI=1S/C12H14FN3/c1-3-10-7-12(14)15-16(10)11-5-4-9(13)6-8(11)2/h4-7H,3H2,1-2H3,(H2,14,15). The van der Waals surface area contributed by atoms with Crippen LogP contribution in [0.25, 0.3) is 5.69 Å². The summed E-state index contributed by atoms with van der Waals surface area (Å²) in [6.07, 6.45) is 0.834. The molecule has 84 valence electrons. The molecule has 0 saturated carbocycles. The molecule has 0 aliphatic carbocycles. The molecule has 2 N–H and O–H groups in total. The van der Waals surface area contributed by atoms with Gasteiger partial charge >= 0.3 is 0 Å². The second kappa shape index (κ2) is 3.96. The van der Waals surface area contributed by atoms with Gasteiger partial charge in [-0.05, 0) is 37.1 Å². The fourth-order valence-electron chi connectivity index (χ4n) is 1.76. The quantitative estimate of drug-likeness (QED) is 0.843. The number of nitrogen functional groups attached to an aromatic ring is 1. The van der Waals surface area contributed by atoms with Gasteiger partial charge in [0.05, 0.1) is 5.69 Å². The van der Waals surface area contributed by atoms with Gasteiger partial charge in [-0.3, -0.25) is 0 Å². The molecule has 4 heteroatoms. The van der Waals surface area contributed by atoms with E-state index in [1.807, 2.05) is 19.9 Å². The molecule has 0 bridgehead atoms. The van der Waals surface area contributed by atoms with E-state index in [0.29, 0.717) is 5.82 Å². The van der Waals surface area contributed by atoms with E-state index in [9.17, 15) is 4.39 Å². The summed E-state index contributed by atoms with van der Waals surface area (Å²) in [7, 11) is 0. The van der Waals surface area contributed by atoms with Crippen LogP contribution in [0.4, 0.5) is 10.2 Å². The molecular formula is C12H14FN3. The summed E-state index contributed by atoms with van der Waals surface area (Å²) >= 11 is 0. The highest BCUT2D eigenvalue weighted by atomic mass is 19.1. The Hall–Kier alpha value is -1.84. The molecule has 0 spiro atoms. The third-order valence-electron chi connectivity index (χ3n) is 2.55. The highest BCUT2D eigenvalue weighted by Crippen LogP contribution is 2.18. The van der Waals surface area contributed by atoms with E-state index in [2.05, 4.69) is 5.10 Å². The minimum absolute atomic E-state index is 0.237. The summed E-state index contributed by atoms with van der Waals surface area (Å²) < 4.78 is 14.8. The minimum Gasteiger partial charge on any atom is -0.382 e. The third kappa shape index (κ3) is 1.78. The number of hydrogen-bond acceptors (Lipinski definition) is 2. The molecule has 0 fully saturated rings. The van der Waals surface area contributed by atoms with Crippen molar-refractivity contribution < 1.29 is 4.39 Å². The van der Waals surface area contributed by atoms with Crippen LogP contribution in [0.5, 0.6) is 0 Å². The average Bonchev–Trinajstić information content (AvgIpc) is 2.59. The number of nitrogens with two attached hydrogens (primary N) is 1. The number of halogens is 1. The Labute approximate surface area is 93.7 Å². The molecule has 1 heterocycles. The molecule has 0 aliphatic heterocycles. The van der Waals surface area contributed by atoms with Crippen LogP contribution in [0.2, 0.25) is 0 Å². The Morgan fingerprint density at radius 2 is 2.12 bits per heavy atom. The Bertz CT molecular complexity index is 517. The maximum absolute atomic E-state index is 13.0. The molecule has 0 unspecified atom stereocenters. The SMILES string of the molecule is CCc1cc(N)nn1-c1ccc(F)cc1C. The van der Waals surface area contributed by atoms with E-state index in [-0.39, 0.29) is 5.82 Å². The number of anilines is 1. The van der Waals surface area contributed by atoms with Gasteiger partial charge in [-0.1, -0.05) is 6.92 Å². The second-order valence-electron chi connectivity index (χ2n) is 3.76. The Balaban J connectivity index is 2.57. The van der Waals surface area contributed by atoms with Crippen molar-refractivity contribution in [1.29, 1.82) is 0 Å². The van der Waals surface area contributed by atoms with Crippen molar-refractivity contribution in [1.82, 2.24) is 9.78 Å². The monoisotopic (exact) mass is 219 g/mol. The van der Waals surface area contributed by atoms with Crippen molar-refractivity contribution in [3.63, 3.8) is 0 Å². The summed E-state index contributed by atoms with van der Waals surface area (Å²) in [4.78, 5) is 0. The van der Waals surface area contributed by atoms with E-state index in [0.717, 1.165) is 23.4 Å². The first-order valence-electron chi connectivity index (χ1n) is 5.22. The van der Waals surface area contributed by atoms with Gasteiger partial charge in [0.15, 0.2) is 0 Å². The molecule has 16 heavy (non-hydrogen) atoms. The molecule has 2 rings (SSSR count). The maximum Gasteiger partial charge on any atom is 0.146 e. The van der Waals surface area contributed by atoms with Gasteiger partial charge in [-0.2, -0.15) is 5.10 Å². The van der Waals surface area contributed by atoms with Crippen LogP contribution in [0, 0.1) is 12.7 Å². The van der Waals surface area contributed by atoms with Gasteiger partial charge < -0.3 is 5.73 Å². The Morgan fingerprint density at radius 3 is 2.75 bits per heavy atom. The van der Waals surface area contributed by atoms with Crippen molar-refractivity contribution in [2.45, 2.75) is 20.3 Å².